The summed E-state index contributed by atoms with van der Waals surface area (Å²) >= 11 is 6.00. The Balaban J connectivity index is 1.98. The molecule has 0 saturated carbocycles. The van der Waals surface area contributed by atoms with Crippen LogP contribution in [-0.4, -0.2) is 34.0 Å². The fourth-order valence-corrected chi connectivity index (χ4v) is 2.84. The van der Waals surface area contributed by atoms with Gasteiger partial charge >= 0.3 is 0 Å². The maximum Gasteiger partial charge on any atom is 0.255 e. The van der Waals surface area contributed by atoms with Crippen LogP contribution in [0.15, 0.2) is 42.9 Å². The van der Waals surface area contributed by atoms with E-state index in [0.29, 0.717) is 22.0 Å². The summed E-state index contributed by atoms with van der Waals surface area (Å²) in [6.45, 7) is 5.98. The number of hydrogen-bond acceptors (Lipinski definition) is 6. The summed E-state index contributed by atoms with van der Waals surface area (Å²) in [6, 6.07) is 5.77. The van der Waals surface area contributed by atoms with Gasteiger partial charge in [-0.3, -0.25) is 9.78 Å². The molecule has 31 heavy (non-hydrogen) atoms. The van der Waals surface area contributed by atoms with Gasteiger partial charge in [0, 0.05) is 23.5 Å². The molecule has 0 aliphatic heterocycles. The van der Waals surface area contributed by atoms with Crippen LogP contribution >= 0.6 is 11.6 Å². The molecule has 3 rings (SSSR count). The van der Waals surface area contributed by atoms with Gasteiger partial charge in [0.05, 0.1) is 30.1 Å². The molecule has 0 bridgehead atoms. The van der Waals surface area contributed by atoms with Crippen LogP contribution in [0.25, 0.3) is 11.4 Å². The highest BCUT2D eigenvalue weighted by Gasteiger charge is 2.19. The van der Waals surface area contributed by atoms with Crippen LogP contribution in [0.2, 0.25) is 5.02 Å². The van der Waals surface area contributed by atoms with Crippen LogP contribution < -0.4 is 15.4 Å². The number of carbonyl (C=O) groups is 1. The Labute approximate surface area is 185 Å². The van der Waals surface area contributed by atoms with Crippen molar-refractivity contribution in [1.82, 2.24) is 20.3 Å². The van der Waals surface area contributed by atoms with Crippen molar-refractivity contribution in [3.63, 3.8) is 0 Å². The fraction of sp³-hybridized carbons (Fsp3) is 0.273. The number of anilines is 2. The first-order valence-corrected chi connectivity index (χ1v) is 10.1. The Hall–Kier alpha value is -3.26. The van der Waals surface area contributed by atoms with E-state index in [1.807, 2.05) is 20.8 Å². The van der Waals surface area contributed by atoms with E-state index in [2.05, 4.69) is 25.6 Å². The van der Waals surface area contributed by atoms with Gasteiger partial charge in [-0.05, 0) is 37.1 Å². The van der Waals surface area contributed by atoms with Gasteiger partial charge in [-0.2, -0.15) is 0 Å². The first-order chi connectivity index (χ1) is 14.8. The lowest BCUT2D eigenvalue weighted by Gasteiger charge is -2.19. The molecule has 0 radical (unpaired) electrons. The van der Waals surface area contributed by atoms with Crippen molar-refractivity contribution in [2.45, 2.75) is 26.8 Å². The van der Waals surface area contributed by atoms with Crippen molar-refractivity contribution < 1.29 is 13.9 Å². The van der Waals surface area contributed by atoms with Crippen LogP contribution in [-0.2, 0) is 0 Å². The Bertz CT molecular complexity index is 1090. The summed E-state index contributed by atoms with van der Waals surface area (Å²) in [5.74, 6) is 0.206. The highest BCUT2D eigenvalue weighted by Crippen LogP contribution is 2.30. The van der Waals surface area contributed by atoms with Crippen molar-refractivity contribution in [3.8, 4) is 17.1 Å². The zero-order valence-electron chi connectivity index (χ0n) is 17.6. The SMILES string of the molecule is COc1cnc(-c2cc(Cl)ccc2F)nc1Nc1ccncc1C(=O)NC(C)C(C)C. The van der Waals surface area contributed by atoms with Gasteiger partial charge in [0.1, 0.15) is 5.82 Å². The number of hydrogen-bond donors (Lipinski definition) is 2. The highest BCUT2D eigenvalue weighted by atomic mass is 35.5. The molecule has 0 aliphatic carbocycles. The minimum Gasteiger partial charge on any atom is -0.491 e. The van der Waals surface area contributed by atoms with Gasteiger partial charge in [0.25, 0.3) is 5.91 Å². The topological polar surface area (TPSA) is 89.0 Å². The predicted octanol–water partition coefficient (Wildman–Crippen LogP) is 4.86. The molecule has 9 heteroatoms. The second-order valence-corrected chi connectivity index (χ2v) is 7.72. The number of nitrogens with one attached hydrogen (secondary N) is 2. The van der Waals surface area contributed by atoms with E-state index in [-0.39, 0.29) is 35.1 Å². The summed E-state index contributed by atoms with van der Waals surface area (Å²) in [5, 5.41) is 6.40. The van der Waals surface area contributed by atoms with E-state index in [1.54, 1.807) is 12.3 Å². The molecule has 2 N–H and O–H groups in total. The largest absolute Gasteiger partial charge is 0.491 e. The maximum absolute atomic E-state index is 14.3. The number of ether oxygens (including phenoxy) is 1. The van der Waals surface area contributed by atoms with Crippen LogP contribution in [0.1, 0.15) is 31.1 Å². The zero-order valence-corrected chi connectivity index (χ0v) is 18.4. The smallest absolute Gasteiger partial charge is 0.255 e. The molecule has 1 aromatic carbocycles. The summed E-state index contributed by atoms with van der Waals surface area (Å²) in [4.78, 5) is 25.4. The lowest BCUT2D eigenvalue weighted by molar-refractivity contribution is 0.0931. The molecule has 162 valence electrons. The summed E-state index contributed by atoms with van der Waals surface area (Å²) < 4.78 is 19.6. The number of rotatable bonds is 7. The van der Waals surface area contributed by atoms with Gasteiger partial charge in [-0.1, -0.05) is 25.4 Å². The third kappa shape index (κ3) is 5.27. The first-order valence-electron chi connectivity index (χ1n) is 9.68. The van der Waals surface area contributed by atoms with E-state index in [9.17, 15) is 9.18 Å². The second-order valence-electron chi connectivity index (χ2n) is 7.29. The molecular weight excluding hydrogens is 421 g/mol. The average Bonchev–Trinajstić information content (AvgIpc) is 2.75. The molecule has 0 spiro atoms. The minimum absolute atomic E-state index is 0.0217. The molecule has 0 aliphatic rings. The monoisotopic (exact) mass is 443 g/mol. The van der Waals surface area contributed by atoms with Gasteiger partial charge < -0.3 is 15.4 Å². The highest BCUT2D eigenvalue weighted by molar-refractivity contribution is 6.30. The number of pyridine rings is 1. The standard InChI is InChI=1S/C22H23ClFN5O2/c1-12(2)13(3)27-22(30)16-10-25-8-7-18(16)28-21-19(31-4)11-26-20(29-21)15-9-14(23)5-6-17(15)24/h5-13H,1-4H3,(H,27,30)(H,25,26,28,29). The van der Waals surface area contributed by atoms with Crippen molar-refractivity contribution >= 4 is 29.0 Å². The Morgan fingerprint density at radius 2 is 1.97 bits per heavy atom. The van der Waals surface area contributed by atoms with Crippen LogP contribution in [0.5, 0.6) is 5.75 Å². The Kier molecular flexibility index (Phi) is 7.02. The van der Waals surface area contributed by atoms with Crippen LogP contribution in [0, 0.1) is 11.7 Å². The third-order valence-electron chi connectivity index (χ3n) is 4.82. The number of amides is 1. The Morgan fingerprint density at radius 1 is 1.19 bits per heavy atom. The van der Waals surface area contributed by atoms with Crippen LogP contribution in [0.3, 0.4) is 0 Å². The maximum atomic E-state index is 14.3. The molecule has 0 fully saturated rings. The minimum atomic E-state index is -0.507. The van der Waals surface area contributed by atoms with E-state index >= 15 is 0 Å². The van der Waals surface area contributed by atoms with Crippen molar-refractivity contribution in [2.75, 3.05) is 12.4 Å². The van der Waals surface area contributed by atoms with Crippen LogP contribution in [0.4, 0.5) is 15.9 Å². The molecule has 1 atom stereocenters. The molecule has 1 unspecified atom stereocenters. The summed E-state index contributed by atoms with van der Waals surface area (Å²) in [7, 11) is 1.47. The normalized spacial score (nSPS) is 11.8. The number of halogens is 2. The van der Waals surface area contributed by atoms with E-state index in [4.69, 9.17) is 16.3 Å². The van der Waals surface area contributed by atoms with Gasteiger partial charge in [-0.15, -0.1) is 0 Å². The first kappa shape index (κ1) is 22.4. The lowest BCUT2D eigenvalue weighted by Crippen LogP contribution is -2.36. The average molecular weight is 444 g/mol. The molecular formula is C22H23ClFN5O2. The van der Waals surface area contributed by atoms with E-state index in [1.165, 1.54) is 37.7 Å². The molecule has 1 amide bonds. The van der Waals surface area contributed by atoms with Crippen molar-refractivity contribution in [1.29, 1.82) is 0 Å². The molecule has 7 nitrogen and oxygen atoms in total. The van der Waals surface area contributed by atoms with Crippen molar-refractivity contribution in [3.05, 3.63) is 59.3 Å². The fourth-order valence-electron chi connectivity index (χ4n) is 2.67. The summed E-state index contributed by atoms with van der Waals surface area (Å²) in [5.41, 5.74) is 0.959. The van der Waals surface area contributed by atoms with E-state index in [0.717, 1.165) is 0 Å². The lowest BCUT2D eigenvalue weighted by atomic mass is 10.1. The quantitative estimate of drug-likeness (QED) is 0.542. The molecule has 0 saturated heterocycles. The number of carbonyl (C=O) groups excluding carboxylic acids is 1. The molecule has 2 aromatic heterocycles. The van der Waals surface area contributed by atoms with Gasteiger partial charge in [-0.25, -0.2) is 14.4 Å². The van der Waals surface area contributed by atoms with Gasteiger partial charge in [0.15, 0.2) is 17.4 Å². The number of benzene rings is 1. The number of nitrogens with zero attached hydrogens (tertiary/aromatic N) is 3. The summed E-state index contributed by atoms with van der Waals surface area (Å²) in [6.07, 6.45) is 4.44. The van der Waals surface area contributed by atoms with E-state index < -0.39 is 5.82 Å². The van der Waals surface area contributed by atoms with Gasteiger partial charge in [0.2, 0.25) is 0 Å². The predicted molar refractivity (Wildman–Crippen MR) is 118 cm³/mol. The van der Waals surface area contributed by atoms with Crippen molar-refractivity contribution in [2.24, 2.45) is 5.92 Å². The molecule has 2 heterocycles. The zero-order chi connectivity index (χ0) is 22.5. The number of methoxy groups -OCH3 is 1. The third-order valence-corrected chi connectivity index (χ3v) is 5.06. The number of aromatic nitrogens is 3. The molecule has 3 aromatic rings. The Morgan fingerprint density at radius 3 is 2.68 bits per heavy atom. The second kappa shape index (κ2) is 9.70.